The molecule has 0 bridgehead atoms. The van der Waals surface area contributed by atoms with Crippen LogP contribution < -0.4 is 20.8 Å². The first-order valence-electron chi connectivity index (χ1n) is 12.7. The summed E-state index contributed by atoms with van der Waals surface area (Å²) in [6, 6.07) is 0. The fourth-order valence-electron chi connectivity index (χ4n) is 2.51. The first-order chi connectivity index (χ1) is 16.5. The Hall–Kier alpha value is -0.781. The largest absolute Gasteiger partial charge is 2.00 e. The summed E-state index contributed by atoms with van der Waals surface area (Å²) in [7, 11) is 0. The Morgan fingerprint density at radius 1 is 0.571 bits per heavy atom. The smallest absolute Gasteiger partial charge is 0.550 e. The molecule has 0 spiro atoms. The monoisotopic (exact) mass is 555 g/mol. The maximum atomic E-state index is 9.76. The van der Waals surface area contributed by atoms with Crippen LogP contribution >= 0.6 is 0 Å². The quantitative estimate of drug-likeness (QED) is 0.307. The van der Waals surface area contributed by atoms with Crippen LogP contribution in [-0.2, 0) is 45.6 Å². The van der Waals surface area contributed by atoms with Crippen LogP contribution in [0.15, 0.2) is 0 Å². The summed E-state index contributed by atoms with van der Waals surface area (Å²) in [4.78, 5) is 19.5. The molecule has 10 nitrogen and oxygen atoms in total. The van der Waals surface area contributed by atoms with E-state index in [1.807, 2.05) is 13.8 Å². The second kappa shape index (κ2) is 35.4. The summed E-state index contributed by atoms with van der Waals surface area (Å²) >= 11 is 0. The third-order valence-corrected chi connectivity index (χ3v) is 4.41. The summed E-state index contributed by atoms with van der Waals surface area (Å²) in [6.07, 6.45) is 6.07. The van der Waals surface area contributed by atoms with E-state index in [0.717, 1.165) is 64.7 Å². The summed E-state index contributed by atoms with van der Waals surface area (Å²) in [5.41, 5.74) is 0. The summed E-state index contributed by atoms with van der Waals surface area (Å²) in [5, 5.41) is 26.0. The van der Waals surface area contributed by atoms with E-state index in [2.05, 4.69) is 10.6 Å². The average molecular weight is 556 g/mol. The van der Waals surface area contributed by atoms with Crippen molar-refractivity contribution in [3.8, 4) is 0 Å². The van der Waals surface area contributed by atoms with E-state index in [9.17, 15) is 19.8 Å². The summed E-state index contributed by atoms with van der Waals surface area (Å²) < 4.78 is 21.6. The minimum absolute atomic E-state index is 0. The zero-order valence-corrected chi connectivity index (χ0v) is 22.7. The van der Waals surface area contributed by atoms with Gasteiger partial charge in [0, 0.05) is 38.1 Å². The van der Waals surface area contributed by atoms with Crippen molar-refractivity contribution in [2.75, 3.05) is 79.0 Å². The van der Waals surface area contributed by atoms with Gasteiger partial charge in [-0.1, -0.05) is 39.5 Å². The molecule has 1 aliphatic rings. The Balaban J connectivity index is -0.000000505. The van der Waals surface area contributed by atoms with Gasteiger partial charge in [-0.05, 0) is 25.7 Å². The van der Waals surface area contributed by atoms with Gasteiger partial charge < -0.3 is 49.4 Å². The molecule has 0 aromatic carbocycles. The molecule has 35 heavy (non-hydrogen) atoms. The second-order valence-corrected chi connectivity index (χ2v) is 7.61. The van der Waals surface area contributed by atoms with E-state index in [0.29, 0.717) is 52.9 Å². The Morgan fingerprint density at radius 3 is 1.09 bits per heavy atom. The minimum atomic E-state index is -0.932. The first-order valence-corrected chi connectivity index (χ1v) is 12.7. The molecule has 213 valence electrons. The van der Waals surface area contributed by atoms with E-state index < -0.39 is 11.9 Å². The van der Waals surface area contributed by atoms with Gasteiger partial charge in [0.25, 0.3) is 0 Å². The molecule has 2 N–H and O–H groups in total. The number of carbonyl (C=O) groups is 2. The SMILES string of the molecule is C1COCCOCCNCCOCCOCCN1.CCCCCC(=O)[O-].CCCCCC(=O)[O-].[Cu+2]. The van der Waals surface area contributed by atoms with Crippen LogP contribution in [0.25, 0.3) is 0 Å². The van der Waals surface area contributed by atoms with Crippen molar-refractivity contribution in [1.29, 1.82) is 0 Å². The van der Waals surface area contributed by atoms with Crippen LogP contribution in [0.4, 0.5) is 0 Å². The van der Waals surface area contributed by atoms with Crippen LogP contribution in [0.1, 0.15) is 65.2 Å². The Labute approximate surface area is 222 Å². The molecule has 1 aliphatic heterocycles. The summed E-state index contributed by atoms with van der Waals surface area (Å²) in [6.45, 7) is 12.9. The van der Waals surface area contributed by atoms with Crippen molar-refractivity contribution in [3.63, 3.8) is 0 Å². The average Bonchev–Trinajstić information content (AvgIpc) is 2.80. The summed E-state index contributed by atoms with van der Waals surface area (Å²) in [5.74, 6) is -1.86. The van der Waals surface area contributed by atoms with Crippen molar-refractivity contribution in [1.82, 2.24) is 10.6 Å². The number of carboxylic acid groups (broad SMARTS) is 2. The van der Waals surface area contributed by atoms with Crippen molar-refractivity contribution in [2.45, 2.75) is 65.2 Å². The molecule has 0 aromatic heterocycles. The number of hydrogen-bond donors (Lipinski definition) is 2. The Bertz CT molecular complexity index is 339. The van der Waals surface area contributed by atoms with Crippen LogP contribution in [0.2, 0.25) is 0 Å². The number of ether oxygens (including phenoxy) is 4. The van der Waals surface area contributed by atoms with Crippen LogP contribution in [0.3, 0.4) is 0 Å². The predicted molar refractivity (Wildman–Crippen MR) is 127 cm³/mol. The van der Waals surface area contributed by atoms with Gasteiger partial charge in [-0.25, -0.2) is 0 Å². The van der Waals surface area contributed by atoms with Crippen molar-refractivity contribution in [2.24, 2.45) is 0 Å². The van der Waals surface area contributed by atoms with Gasteiger partial charge in [0.2, 0.25) is 0 Å². The van der Waals surface area contributed by atoms with Gasteiger partial charge in [0.15, 0.2) is 0 Å². The molecule has 1 rings (SSSR count). The maximum absolute atomic E-state index is 9.76. The standard InChI is InChI=1S/C12H26N2O4.2C6H12O2.Cu/c1-5-15-9-10-17-7-3-14-4-8-18-12-11-16-6-2-13-1;2*1-2-3-4-5-6(7)8;/h13-14H,1-12H2;2*2-5H2,1H3,(H,7,8);/q;;;+2/p-2. The Morgan fingerprint density at radius 2 is 0.857 bits per heavy atom. The van der Waals surface area contributed by atoms with Crippen LogP contribution in [0, 0.1) is 0 Å². The Kier molecular flexibility index (Phi) is 39.2. The number of hydrogen-bond acceptors (Lipinski definition) is 10. The molecule has 0 unspecified atom stereocenters. The predicted octanol–water partition coefficient (Wildman–Crippen LogP) is -0.124. The third-order valence-electron chi connectivity index (χ3n) is 4.41. The van der Waals surface area contributed by atoms with Crippen molar-refractivity contribution >= 4 is 11.9 Å². The molecule has 11 heteroatoms. The maximum Gasteiger partial charge on any atom is 2.00 e. The van der Waals surface area contributed by atoms with E-state index >= 15 is 0 Å². The molecule has 0 aromatic rings. The van der Waals surface area contributed by atoms with E-state index in [1.165, 1.54) is 0 Å². The molecular weight excluding hydrogens is 508 g/mol. The molecule has 0 amide bonds. The topological polar surface area (TPSA) is 141 Å². The molecule has 1 saturated heterocycles. The first kappa shape index (κ1) is 38.7. The van der Waals surface area contributed by atoms with Gasteiger partial charge in [0.05, 0.1) is 52.9 Å². The molecule has 1 radical (unpaired) electrons. The van der Waals surface area contributed by atoms with Gasteiger partial charge in [-0.3, -0.25) is 0 Å². The number of rotatable bonds is 8. The zero-order valence-electron chi connectivity index (χ0n) is 21.7. The van der Waals surface area contributed by atoms with Crippen molar-refractivity contribution < 1.29 is 55.8 Å². The fourth-order valence-corrected chi connectivity index (χ4v) is 2.51. The van der Waals surface area contributed by atoms with Gasteiger partial charge in [-0.2, -0.15) is 0 Å². The van der Waals surface area contributed by atoms with Gasteiger partial charge >= 0.3 is 17.1 Å². The fraction of sp³-hybridized carbons (Fsp3) is 0.917. The minimum Gasteiger partial charge on any atom is -0.550 e. The van der Waals surface area contributed by atoms with E-state index in [4.69, 9.17) is 18.9 Å². The normalized spacial score (nSPS) is 16.5. The zero-order chi connectivity index (χ0) is 25.5. The second-order valence-electron chi connectivity index (χ2n) is 7.61. The molecular formula is C24H48CuN2O8. The van der Waals surface area contributed by atoms with E-state index in [1.54, 1.807) is 0 Å². The number of carbonyl (C=O) groups excluding carboxylic acids is 2. The number of unbranched alkanes of at least 4 members (excludes halogenated alkanes) is 4. The van der Waals surface area contributed by atoms with Gasteiger partial charge in [-0.15, -0.1) is 0 Å². The molecule has 1 heterocycles. The number of carboxylic acids is 2. The van der Waals surface area contributed by atoms with E-state index in [-0.39, 0.29) is 29.9 Å². The number of nitrogens with one attached hydrogen (secondary N) is 2. The van der Waals surface area contributed by atoms with Crippen molar-refractivity contribution in [3.05, 3.63) is 0 Å². The molecule has 0 aliphatic carbocycles. The molecule has 0 saturated carbocycles. The van der Waals surface area contributed by atoms with Crippen LogP contribution in [-0.4, -0.2) is 91.0 Å². The molecule has 1 fully saturated rings. The van der Waals surface area contributed by atoms with Gasteiger partial charge in [0.1, 0.15) is 0 Å². The number of aliphatic carboxylic acids is 2. The third kappa shape index (κ3) is 43.7. The van der Waals surface area contributed by atoms with Crippen LogP contribution in [0.5, 0.6) is 0 Å². The molecule has 0 atom stereocenters.